The Morgan fingerprint density at radius 3 is 2.91 bits per heavy atom. The maximum atomic E-state index is 11.2. The molecule has 1 aliphatic heterocycles. The van der Waals surface area contributed by atoms with Crippen molar-refractivity contribution in [3.63, 3.8) is 0 Å². The van der Waals surface area contributed by atoms with Crippen LogP contribution in [0, 0.1) is 5.92 Å². The van der Waals surface area contributed by atoms with E-state index in [1.54, 1.807) is 6.08 Å². The van der Waals surface area contributed by atoms with Crippen molar-refractivity contribution in [2.24, 2.45) is 11.7 Å². The van der Waals surface area contributed by atoms with E-state index < -0.39 is 0 Å². The van der Waals surface area contributed by atoms with Gasteiger partial charge >= 0.3 is 0 Å². The summed E-state index contributed by atoms with van der Waals surface area (Å²) in [5.41, 5.74) is 5.63. The van der Waals surface area contributed by atoms with E-state index in [4.69, 9.17) is 10.5 Å². The van der Waals surface area contributed by atoms with Crippen LogP contribution in [0.5, 0.6) is 0 Å². The Kier molecular flexibility index (Phi) is 2.79. The lowest BCUT2D eigenvalue weighted by Crippen LogP contribution is -2.33. The summed E-state index contributed by atoms with van der Waals surface area (Å²) < 4.78 is 5.06. The lowest BCUT2D eigenvalue weighted by molar-refractivity contribution is -0.122. The first-order chi connectivity index (χ1) is 5.25. The average Bonchev–Trinajstić information content (AvgIpc) is 2.36. The van der Waals surface area contributed by atoms with Crippen LogP contribution in [0.25, 0.3) is 0 Å². The van der Waals surface area contributed by atoms with Crippen molar-refractivity contribution in [2.75, 3.05) is 13.2 Å². The molecule has 1 rings (SSSR count). The summed E-state index contributed by atoms with van der Waals surface area (Å²) in [5, 5.41) is 0. The lowest BCUT2D eigenvalue weighted by Gasteiger charge is -2.09. The predicted octanol–water partition coefficient (Wildman–Crippen LogP) is 0.105. The molecule has 1 saturated heterocycles. The zero-order valence-corrected chi connectivity index (χ0v) is 6.45. The van der Waals surface area contributed by atoms with Gasteiger partial charge in [-0.1, -0.05) is 6.08 Å². The summed E-state index contributed by atoms with van der Waals surface area (Å²) in [6, 6.07) is -0.109. The van der Waals surface area contributed by atoms with Gasteiger partial charge in [0, 0.05) is 12.5 Å². The Labute approximate surface area is 66.2 Å². The minimum atomic E-state index is -0.109. The van der Waals surface area contributed by atoms with E-state index in [1.165, 1.54) is 0 Å². The van der Waals surface area contributed by atoms with Crippen LogP contribution in [0.3, 0.4) is 0 Å². The van der Waals surface area contributed by atoms with Gasteiger partial charge in [0.15, 0.2) is 0 Å². The van der Waals surface area contributed by atoms with Gasteiger partial charge < -0.3 is 10.5 Å². The standard InChI is InChI=1S/C8H13NO2/c1-2-3-8(10)6-4-11-5-7(6)9/h2,6-7H,1,3-5,9H2. The molecule has 2 N–H and O–H groups in total. The second kappa shape index (κ2) is 3.64. The minimum absolute atomic E-state index is 0.104. The normalized spacial score (nSPS) is 30.3. The maximum absolute atomic E-state index is 11.2. The third kappa shape index (κ3) is 1.88. The number of allylic oxidation sites excluding steroid dienone is 1. The second-order valence-corrected chi connectivity index (χ2v) is 2.77. The first kappa shape index (κ1) is 8.43. The number of nitrogens with two attached hydrogens (primary N) is 1. The molecule has 3 heteroatoms. The van der Waals surface area contributed by atoms with Gasteiger partial charge in [0.2, 0.25) is 0 Å². The highest BCUT2D eigenvalue weighted by molar-refractivity contribution is 5.83. The maximum Gasteiger partial charge on any atom is 0.143 e. The first-order valence-corrected chi connectivity index (χ1v) is 3.72. The Hall–Kier alpha value is -0.670. The van der Waals surface area contributed by atoms with E-state index in [-0.39, 0.29) is 17.7 Å². The molecule has 1 fully saturated rings. The number of Topliss-reactive ketones (excluding diaryl/α,β-unsaturated/α-hetero) is 1. The molecule has 0 aromatic rings. The van der Waals surface area contributed by atoms with E-state index >= 15 is 0 Å². The molecule has 0 amide bonds. The van der Waals surface area contributed by atoms with E-state index in [2.05, 4.69) is 6.58 Å². The van der Waals surface area contributed by atoms with Crippen LogP contribution in [0.15, 0.2) is 12.7 Å². The fourth-order valence-corrected chi connectivity index (χ4v) is 1.20. The van der Waals surface area contributed by atoms with Crippen molar-refractivity contribution in [1.82, 2.24) is 0 Å². The molecule has 3 nitrogen and oxygen atoms in total. The molecule has 0 bridgehead atoms. The highest BCUT2D eigenvalue weighted by atomic mass is 16.5. The molecule has 0 radical (unpaired) electrons. The zero-order chi connectivity index (χ0) is 8.27. The minimum Gasteiger partial charge on any atom is -0.379 e. The van der Waals surface area contributed by atoms with Gasteiger partial charge in [-0.2, -0.15) is 0 Å². The van der Waals surface area contributed by atoms with Crippen LogP contribution >= 0.6 is 0 Å². The summed E-state index contributed by atoms with van der Waals surface area (Å²) >= 11 is 0. The monoisotopic (exact) mass is 155 g/mol. The molecule has 1 aliphatic rings. The van der Waals surface area contributed by atoms with Crippen molar-refractivity contribution in [3.05, 3.63) is 12.7 Å². The number of carbonyl (C=O) groups is 1. The summed E-state index contributed by atoms with van der Waals surface area (Å²) in [5.74, 6) is 0.0398. The zero-order valence-electron chi connectivity index (χ0n) is 6.45. The molecule has 0 saturated carbocycles. The van der Waals surface area contributed by atoms with Crippen LogP contribution in [0.1, 0.15) is 6.42 Å². The van der Waals surface area contributed by atoms with Crippen LogP contribution in [-0.4, -0.2) is 25.0 Å². The van der Waals surface area contributed by atoms with Crippen molar-refractivity contribution in [2.45, 2.75) is 12.5 Å². The smallest absolute Gasteiger partial charge is 0.143 e. The van der Waals surface area contributed by atoms with Gasteiger partial charge in [0.25, 0.3) is 0 Å². The fraction of sp³-hybridized carbons (Fsp3) is 0.625. The predicted molar refractivity (Wildman–Crippen MR) is 42.1 cm³/mol. The van der Waals surface area contributed by atoms with Gasteiger partial charge in [-0.05, 0) is 0 Å². The van der Waals surface area contributed by atoms with Crippen LogP contribution in [0.2, 0.25) is 0 Å². The Balaban J connectivity index is 2.45. The van der Waals surface area contributed by atoms with Gasteiger partial charge in [-0.25, -0.2) is 0 Å². The first-order valence-electron chi connectivity index (χ1n) is 3.72. The SMILES string of the molecule is C=CCC(=O)C1COCC1N. The quantitative estimate of drug-likeness (QED) is 0.588. The molecular weight excluding hydrogens is 142 g/mol. The van der Waals surface area contributed by atoms with Crippen molar-refractivity contribution in [3.8, 4) is 0 Å². The van der Waals surface area contributed by atoms with Crippen molar-refractivity contribution >= 4 is 5.78 Å². The lowest BCUT2D eigenvalue weighted by atomic mass is 9.97. The number of rotatable bonds is 3. The number of ether oxygens (including phenoxy) is 1. The van der Waals surface area contributed by atoms with E-state index in [1.807, 2.05) is 0 Å². The summed E-state index contributed by atoms with van der Waals surface area (Å²) in [7, 11) is 0. The van der Waals surface area contributed by atoms with Crippen LogP contribution in [-0.2, 0) is 9.53 Å². The van der Waals surface area contributed by atoms with Gasteiger partial charge in [0.1, 0.15) is 5.78 Å². The molecule has 2 atom stereocenters. The average molecular weight is 155 g/mol. The molecule has 0 aromatic heterocycles. The van der Waals surface area contributed by atoms with E-state index in [9.17, 15) is 4.79 Å². The largest absolute Gasteiger partial charge is 0.379 e. The van der Waals surface area contributed by atoms with Gasteiger partial charge in [-0.15, -0.1) is 6.58 Å². The Morgan fingerprint density at radius 1 is 1.73 bits per heavy atom. The highest BCUT2D eigenvalue weighted by Gasteiger charge is 2.29. The van der Waals surface area contributed by atoms with E-state index in [0.29, 0.717) is 19.6 Å². The van der Waals surface area contributed by atoms with Crippen LogP contribution < -0.4 is 5.73 Å². The molecular formula is C8H13NO2. The summed E-state index contributed by atoms with van der Waals surface area (Å²) in [6.07, 6.45) is 2.01. The molecule has 62 valence electrons. The topological polar surface area (TPSA) is 52.3 Å². The second-order valence-electron chi connectivity index (χ2n) is 2.77. The number of hydrogen-bond acceptors (Lipinski definition) is 3. The van der Waals surface area contributed by atoms with Gasteiger partial charge in [-0.3, -0.25) is 4.79 Å². The van der Waals surface area contributed by atoms with Crippen molar-refractivity contribution in [1.29, 1.82) is 0 Å². The third-order valence-electron chi connectivity index (χ3n) is 1.88. The third-order valence-corrected chi connectivity index (χ3v) is 1.88. The highest BCUT2D eigenvalue weighted by Crippen LogP contribution is 2.14. The number of carbonyl (C=O) groups excluding carboxylic acids is 1. The number of ketones is 1. The van der Waals surface area contributed by atoms with E-state index in [0.717, 1.165) is 0 Å². The van der Waals surface area contributed by atoms with Gasteiger partial charge in [0.05, 0.1) is 19.1 Å². The van der Waals surface area contributed by atoms with Crippen LogP contribution in [0.4, 0.5) is 0 Å². The molecule has 11 heavy (non-hydrogen) atoms. The molecule has 1 heterocycles. The number of hydrogen-bond donors (Lipinski definition) is 1. The molecule has 0 aromatic carbocycles. The molecule has 2 unspecified atom stereocenters. The Morgan fingerprint density at radius 2 is 2.45 bits per heavy atom. The molecule has 0 aliphatic carbocycles. The Bertz CT molecular complexity index is 167. The molecule has 0 spiro atoms. The van der Waals surface area contributed by atoms with Crippen molar-refractivity contribution < 1.29 is 9.53 Å². The fourth-order valence-electron chi connectivity index (χ4n) is 1.20. The summed E-state index contributed by atoms with van der Waals surface area (Å²) in [4.78, 5) is 11.2. The summed E-state index contributed by atoms with van der Waals surface area (Å²) in [6.45, 7) is 4.48.